The highest BCUT2D eigenvalue weighted by molar-refractivity contribution is 14.0. The molecule has 1 saturated heterocycles. The van der Waals surface area contributed by atoms with Crippen molar-refractivity contribution in [2.24, 2.45) is 4.99 Å². The molecule has 0 spiro atoms. The topological polar surface area (TPSA) is 74.0 Å². The van der Waals surface area contributed by atoms with E-state index in [1.165, 1.54) is 5.56 Å². The van der Waals surface area contributed by atoms with Crippen molar-refractivity contribution in [3.8, 4) is 0 Å². The number of rotatable bonds is 4. The third-order valence-corrected chi connectivity index (χ3v) is 4.51. The molecule has 1 amide bonds. The van der Waals surface area contributed by atoms with E-state index in [1.807, 2.05) is 28.6 Å². The second-order valence-electron chi connectivity index (χ2n) is 6.45. The molecule has 1 fully saturated rings. The van der Waals surface area contributed by atoms with Crippen LogP contribution >= 0.6 is 24.0 Å². The number of imidazole rings is 1. The molecule has 0 saturated carbocycles. The van der Waals surface area contributed by atoms with Gasteiger partial charge in [0.05, 0.1) is 12.2 Å². The van der Waals surface area contributed by atoms with E-state index >= 15 is 0 Å². The minimum absolute atomic E-state index is 0. The third kappa shape index (κ3) is 4.87. The molecule has 0 aliphatic carbocycles. The number of aliphatic imine (C=N–C) groups is 1. The molecule has 8 heteroatoms. The normalized spacial score (nSPS) is 17.3. The number of hydrogen-bond acceptors (Lipinski definition) is 3. The van der Waals surface area contributed by atoms with Gasteiger partial charge in [-0.25, -0.2) is 4.98 Å². The predicted octanol–water partition coefficient (Wildman–Crippen LogP) is 1.94. The Morgan fingerprint density at radius 2 is 2.27 bits per heavy atom. The molecule has 7 nitrogen and oxygen atoms in total. The summed E-state index contributed by atoms with van der Waals surface area (Å²) in [6.45, 7) is 6.12. The van der Waals surface area contributed by atoms with Crippen molar-refractivity contribution in [2.45, 2.75) is 39.3 Å². The summed E-state index contributed by atoms with van der Waals surface area (Å²) in [7, 11) is 1.76. The maximum Gasteiger partial charge on any atom is 0.222 e. The van der Waals surface area contributed by atoms with Gasteiger partial charge in [0.15, 0.2) is 5.96 Å². The smallest absolute Gasteiger partial charge is 0.222 e. The zero-order chi connectivity index (χ0) is 17.8. The number of likely N-dealkylation sites (tertiary alicyclic amines) is 1. The van der Waals surface area contributed by atoms with Gasteiger partial charge in [-0.1, -0.05) is 6.92 Å². The molecular weight excluding hydrogens is 443 g/mol. The quantitative estimate of drug-likeness (QED) is 0.407. The van der Waals surface area contributed by atoms with Crippen LogP contribution in [-0.2, 0) is 11.3 Å². The molecule has 0 aromatic carbocycles. The van der Waals surface area contributed by atoms with Crippen molar-refractivity contribution >= 4 is 41.5 Å². The Labute approximate surface area is 171 Å². The zero-order valence-electron chi connectivity index (χ0n) is 15.5. The Morgan fingerprint density at radius 1 is 1.46 bits per heavy atom. The number of aromatic nitrogens is 2. The van der Waals surface area contributed by atoms with Crippen LogP contribution in [0, 0.1) is 6.92 Å². The molecular formula is C18H27IN6O. The van der Waals surface area contributed by atoms with Crippen molar-refractivity contribution < 1.29 is 4.79 Å². The van der Waals surface area contributed by atoms with E-state index in [9.17, 15) is 4.79 Å². The molecule has 3 heterocycles. The van der Waals surface area contributed by atoms with E-state index < -0.39 is 0 Å². The van der Waals surface area contributed by atoms with Crippen LogP contribution < -0.4 is 10.6 Å². The van der Waals surface area contributed by atoms with Gasteiger partial charge >= 0.3 is 0 Å². The predicted molar refractivity (Wildman–Crippen MR) is 114 cm³/mol. The highest BCUT2D eigenvalue weighted by Gasteiger charge is 2.25. The second kappa shape index (κ2) is 9.20. The molecule has 2 N–H and O–H groups in total. The first kappa shape index (κ1) is 20.5. The molecule has 2 aromatic heterocycles. The van der Waals surface area contributed by atoms with E-state index in [0.717, 1.165) is 36.8 Å². The van der Waals surface area contributed by atoms with Gasteiger partial charge in [0.25, 0.3) is 0 Å². The minimum Gasteiger partial charge on any atom is -0.352 e. The third-order valence-electron chi connectivity index (χ3n) is 4.51. The van der Waals surface area contributed by atoms with Gasteiger partial charge in [-0.15, -0.1) is 24.0 Å². The Morgan fingerprint density at radius 3 is 3.00 bits per heavy atom. The summed E-state index contributed by atoms with van der Waals surface area (Å²) in [5, 5.41) is 6.70. The fourth-order valence-corrected chi connectivity index (χ4v) is 3.11. The summed E-state index contributed by atoms with van der Waals surface area (Å²) in [6, 6.07) is 4.37. The molecule has 1 aliphatic rings. The van der Waals surface area contributed by atoms with Gasteiger partial charge in [0.2, 0.25) is 5.91 Å². The maximum atomic E-state index is 11.8. The van der Waals surface area contributed by atoms with Gasteiger partial charge in [-0.2, -0.15) is 0 Å². The standard InChI is InChI=1S/C18H26N6O.HI/c1-4-17(25)24-8-6-14(11-24)22-18(19-3)20-10-15-12-23-7-5-13(2)9-16(23)21-15;/h5,7,9,12,14H,4,6,8,10-11H2,1-3H3,(H2,19,20,22);1H. The lowest BCUT2D eigenvalue weighted by atomic mass is 10.3. The van der Waals surface area contributed by atoms with Crippen molar-refractivity contribution in [1.29, 1.82) is 0 Å². The number of carbonyl (C=O) groups is 1. The molecule has 1 atom stereocenters. The largest absolute Gasteiger partial charge is 0.352 e. The molecule has 26 heavy (non-hydrogen) atoms. The number of fused-ring (bicyclic) bond motifs is 1. The average molecular weight is 470 g/mol. The summed E-state index contributed by atoms with van der Waals surface area (Å²) in [5.41, 5.74) is 3.11. The fraction of sp³-hybridized carbons (Fsp3) is 0.500. The van der Waals surface area contributed by atoms with Gasteiger partial charge in [0.1, 0.15) is 5.65 Å². The number of carbonyl (C=O) groups excluding carboxylic acids is 1. The van der Waals surface area contributed by atoms with E-state index in [2.05, 4.69) is 39.7 Å². The lowest BCUT2D eigenvalue weighted by Crippen LogP contribution is -2.44. The van der Waals surface area contributed by atoms with Crippen LogP contribution in [0.3, 0.4) is 0 Å². The Kier molecular flexibility index (Phi) is 7.24. The first-order valence-electron chi connectivity index (χ1n) is 8.78. The average Bonchev–Trinajstić information content (AvgIpc) is 3.23. The molecule has 1 unspecified atom stereocenters. The van der Waals surface area contributed by atoms with Crippen LogP contribution in [-0.4, -0.2) is 52.3 Å². The zero-order valence-corrected chi connectivity index (χ0v) is 17.9. The van der Waals surface area contributed by atoms with Crippen LogP contribution in [0.2, 0.25) is 0 Å². The highest BCUT2D eigenvalue weighted by Crippen LogP contribution is 2.11. The summed E-state index contributed by atoms with van der Waals surface area (Å²) in [5.74, 6) is 0.955. The van der Waals surface area contributed by atoms with Gasteiger partial charge in [-0.3, -0.25) is 9.79 Å². The van der Waals surface area contributed by atoms with Crippen LogP contribution in [0.4, 0.5) is 0 Å². The molecule has 1 aliphatic heterocycles. The summed E-state index contributed by atoms with van der Waals surface area (Å²) in [6.07, 6.45) is 5.55. The first-order chi connectivity index (χ1) is 12.1. The maximum absolute atomic E-state index is 11.8. The van der Waals surface area contributed by atoms with E-state index in [4.69, 9.17) is 0 Å². The van der Waals surface area contributed by atoms with Crippen molar-refractivity contribution in [1.82, 2.24) is 24.9 Å². The Hall–Kier alpha value is -1.84. The van der Waals surface area contributed by atoms with Gasteiger partial charge in [0, 0.05) is 45.0 Å². The van der Waals surface area contributed by atoms with E-state index in [1.54, 1.807) is 7.05 Å². The summed E-state index contributed by atoms with van der Waals surface area (Å²) in [4.78, 5) is 22.6. The number of guanidine groups is 1. The number of pyridine rings is 1. The number of aryl methyl sites for hydroxylation is 1. The van der Waals surface area contributed by atoms with Crippen LogP contribution in [0.1, 0.15) is 31.0 Å². The number of hydrogen-bond donors (Lipinski definition) is 2. The van der Waals surface area contributed by atoms with Crippen LogP contribution in [0.5, 0.6) is 0 Å². The Bertz CT molecular complexity index is 787. The number of nitrogens with zero attached hydrogens (tertiary/aromatic N) is 4. The lowest BCUT2D eigenvalue weighted by molar-refractivity contribution is -0.129. The SMILES string of the molecule is CCC(=O)N1CCC(NC(=NC)NCc2cn3ccc(C)cc3n2)C1.I. The molecule has 142 valence electrons. The van der Waals surface area contributed by atoms with E-state index in [0.29, 0.717) is 13.0 Å². The van der Waals surface area contributed by atoms with Gasteiger partial charge in [-0.05, 0) is 31.0 Å². The second-order valence-corrected chi connectivity index (χ2v) is 6.45. The first-order valence-corrected chi connectivity index (χ1v) is 8.78. The molecule has 3 rings (SSSR count). The minimum atomic E-state index is 0. The van der Waals surface area contributed by atoms with Crippen molar-refractivity contribution in [3.05, 3.63) is 35.8 Å². The summed E-state index contributed by atoms with van der Waals surface area (Å²) >= 11 is 0. The highest BCUT2D eigenvalue weighted by atomic mass is 127. The number of halogens is 1. The van der Waals surface area contributed by atoms with E-state index in [-0.39, 0.29) is 35.9 Å². The lowest BCUT2D eigenvalue weighted by Gasteiger charge is -2.18. The molecule has 0 radical (unpaired) electrons. The monoisotopic (exact) mass is 470 g/mol. The number of amides is 1. The molecule has 0 bridgehead atoms. The van der Waals surface area contributed by atoms with Crippen molar-refractivity contribution in [2.75, 3.05) is 20.1 Å². The number of nitrogens with one attached hydrogen (secondary N) is 2. The van der Waals surface area contributed by atoms with Crippen LogP contribution in [0.25, 0.3) is 5.65 Å². The van der Waals surface area contributed by atoms with Crippen LogP contribution in [0.15, 0.2) is 29.5 Å². The fourth-order valence-electron chi connectivity index (χ4n) is 3.11. The Balaban J connectivity index is 0.00000243. The van der Waals surface area contributed by atoms with Crippen molar-refractivity contribution in [3.63, 3.8) is 0 Å². The molecule has 2 aromatic rings. The summed E-state index contributed by atoms with van der Waals surface area (Å²) < 4.78 is 2.02. The van der Waals surface area contributed by atoms with Gasteiger partial charge < -0.3 is 19.9 Å².